The molecule has 1 saturated carbocycles. The van der Waals surface area contributed by atoms with E-state index in [9.17, 15) is 9.59 Å². The van der Waals surface area contributed by atoms with E-state index >= 15 is 0 Å². The first-order valence-electron chi connectivity index (χ1n) is 5.69. The van der Waals surface area contributed by atoms with Gasteiger partial charge in [-0.1, -0.05) is 20.8 Å². The van der Waals surface area contributed by atoms with E-state index in [4.69, 9.17) is 10.2 Å². The third-order valence-corrected chi connectivity index (χ3v) is 3.71. The first-order chi connectivity index (χ1) is 7.23. The molecule has 0 spiro atoms. The number of hydrogen-bond donors (Lipinski definition) is 2. The fraction of sp³-hybridized carbons (Fsp3) is 0.833. The standard InChI is InChI=1S/C12H20O4.2Li.2H/c1-12(2,3)7-4-5-8(10(13)14)9(6-7)11(15)16;;;;/h7-9H,4-6H2,1-3H3,(H,13,14)(H,15,16);;;;. The molecule has 0 heterocycles. The molecular weight excluding hydrogens is 222 g/mol. The topological polar surface area (TPSA) is 74.6 Å². The minimum absolute atomic E-state index is 0. The van der Waals surface area contributed by atoms with E-state index in [-0.39, 0.29) is 43.1 Å². The normalized spacial score (nSPS) is 27.6. The zero-order valence-corrected chi connectivity index (χ0v) is 10.1. The van der Waals surface area contributed by atoms with Crippen LogP contribution in [0.15, 0.2) is 0 Å². The molecule has 0 radical (unpaired) electrons. The van der Waals surface area contributed by atoms with Crippen LogP contribution < -0.4 is 0 Å². The third kappa shape index (κ3) is 5.02. The van der Waals surface area contributed by atoms with Gasteiger partial charge in [-0.25, -0.2) is 0 Å². The molecule has 3 atom stereocenters. The fourth-order valence-electron chi connectivity index (χ4n) is 2.53. The van der Waals surface area contributed by atoms with Crippen LogP contribution in [0.2, 0.25) is 0 Å². The van der Waals surface area contributed by atoms with E-state index in [0.29, 0.717) is 18.8 Å². The summed E-state index contributed by atoms with van der Waals surface area (Å²) in [6.45, 7) is 6.24. The summed E-state index contributed by atoms with van der Waals surface area (Å²) in [5.41, 5.74) is 0.0528. The van der Waals surface area contributed by atoms with Gasteiger partial charge in [-0.3, -0.25) is 9.59 Å². The van der Waals surface area contributed by atoms with Crippen LogP contribution in [0, 0.1) is 23.2 Å². The molecule has 4 nitrogen and oxygen atoms in total. The molecule has 18 heavy (non-hydrogen) atoms. The Balaban J connectivity index is 0. The number of aliphatic carboxylic acids is 2. The molecule has 6 heteroatoms. The van der Waals surface area contributed by atoms with Gasteiger partial charge in [0.2, 0.25) is 0 Å². The van der Waals surface area contributed by atoms with Crippen LogP contribution in [-0.4, -0.2) is 59.9 Å². The molecule has 2 N–H and O–H groups in total. The first kappa shape index (κ1) is 20.5. The number of carboxylic acids is 2. The van der Waals surface area contributed by atoms with E-state index in [1.807, 2.05) is 0 Å². The Morgan fingerprint density at radius 1 is 0.944 bits per heavy atom. The van der Waals surface area contributed by atoms with Crippen molar-refractivity contribution in [2.45, 2.75) is 40.0 Å². The van der Waals surface area contributed by atoms with Crippen molar-refractivity contribution >= 4 is 49.7 Å². The molecular formula is C12H22Li2O4. The Hall–Kier alpha value is 0.135. The van der Waals surface area contributed by atoms with Crippen molar-refractivity contribution in [2.75, 3.05) is 0 Å². The number of rotatable bonds is 2. The molecule has 96 valence electrons. The summed E-state index contributed by atoms with van der Waals surface area (Å²) in [6.07, 6.45) is 1.77. The van der Waals surface area contributed by atoms with Crippen LogP contribution in [-0.2, 0) is 9.59 Å². The quantitative estimate of drug-likeness (QED) is 0.709. The van der Waals surface area contributed by atoms with Gasteiger partial charge in [0.15, 0.2) is 0 Å². The van der Waals surface area contributed by atoms with Crippen LogP contribution in [0.5, 0.6) is 0 Å². The molecule has 0 aromatic rings. The van der Waals surface area contributed by atoms with Gasteiger partial charge < -0.3 is 10.2 Å². The summed E-state index contributed by atoms with van der Waals surface area (Å²) in [6, 6.07) is 0. The van der Waals surface area contributed by atoms with Gasteiger partial charge in [-0.15, -0.1) is 0 Å². The summed E-state index contributed by atoms with van der Waals surface area (Å²) in [4.78, 5) is 22.0. The summed E-state index contributed by atoms with van der Waals surface area (Å²) < 4.78 is 0. The number of carboxylic acid groups (broad SMARTS) is 2. The average molecular weight is 244 g/mol. The molecule has 1 aliphatic rings. The van der Waals surface area contributed by atoms with Crippen molar-refractivity contribution in [2.24, 2.45) is 23.2 Å². The van der Waals surface area contributed by atoms with Crippen LogP contribution in [0.4, 0.5) is 0 Å². The molecule has 3 unspecified atom stereocenters. The molecule has 0 saturated heterocycles. The Labute approximate surface area is 132 Å². The molecule has 1 fully saturated rings. The SMILES string of the molecule is CC(C)(C)C1CCC(C(=O)O)C(C(=O)O)C1.[LiH].[LiH]. The van der Waals surface area contributed by atoms with Gasteiger partial charge in [0.1, 0.15) is 0 Å². The molecule has 0 aromatic carbocycles. The molecule has 0 aromatic heterocycles. The third-order valence-electron chi connectivity index (χ3n) is 3.71. The maximum absolute atomic E-state index is 11.1. The van der Waals surface area contributed by atoms with E-state index in [0.717, 1.165) is 6.42 Å². The Kier molecular flexibility index (Phi) is 8.70. The first-order valence-corrected chi connectivity index (χ1v) is 5.69. The zero-order valence-electron chi connectivity index (χ0n) is 10.1. The van der Waals surface area contributed by atoms with Crippen molar-refractivity contribution in [1.82, 2.24) is 0 Å². The van der Waals surface area contributed by atoms with E-state index in [1.54, 1.807) is 0 Å². The molecule has 0 aliphatic heterocycles. The van der Waals surface area contributed by atoms with Crippen LogP contribution in [0.25, 0.3) is 0 Å². The summed E-state index contributed by atoms with van der Waals surface area (Å²) in [5.74, 6) is -3.09. The number of hydrogen-bond acceptors (Lipinski definition) is 2. The van der Waals surface area contributed by atoms with Crippen molar-refractivity contribution in [1.29, 1.82) is 0 Å². The second kappa shape index (κ2) is 7.66. The van der Waals surface area contributed by atoms with Gasteiger partial charge in [0, 0.05) is 0 Å². The summed E-state index contributed by atoms with van der Waals surface area (Å²) in [5, 5.41) is 18.1. The van der Waals surface area contributed by atoms with E-state index in [2.05, 4.69) is 20.8 Å². The van der Waals surface area contributed by atoms with Gasteiger partial charge >= 0.3 is 49.7 Å². The second-order valence-electron chi connectivity index (χ2n) is 5.77. The van der Waals surface area contributed by atoms with Gasteiger partial charge in [0.25, 0.3) is 0 Å². The maximum atomic E-state index is 11.1. The van der Waals surface area contributed by atoms with Crippen LogP contribution in [0.3, 0.4) is 0 Å². The average Bonchev–Trinajstić information content (AvgIpc) is 2.15. The molecule has 1 aliphatic carbocycles. The predicted molar refractivity (Wildman–Crippen MR) is 73.3 cm³/mol. The second-order valence-corrected chi connectivity index (χ2v) is 5.77. The van der Waals surface area contributed by atoms with Crippen molar-refractivity contribution < 1.29 is 19.8 Å². The number of carbonyl (C=O) groups is 2. The Morgan fingerprint density at radius 3 is 1.72 bits per heavy atom. The Bertz CT molecular complexity index is 299. The van der Waals surface area contributed by atoms with Gasteiger partial charge in [0.05, 0.1) is 11.8 Å². The van der Waals surface area contributed by atoms with Crippen molar-refractivity contribution in [3.05, 3.63) is 0 Å². The molecule has 0 bridgehead atoms. The van der Waals surface area contributed by atoms with Crippen LogP contribution >= 0.6 is 0 Å². The van der Waals surface area contributed by atoms with E-state index in [1.165, 1.54) is 0 Å². The van der Waals surface area contributed by atoms with Crippen molar-refractivity contribution in [3.63, 3.8) is 0 Å². The van der Waals surface area contributed by atoms with Crippen LogP contribution in [0.1, 0.15) is 40.0 Å². The summed E-state index contributed by atoms with van der Waals surface area (Å²) >= 11 is 0. The Morgan fingerprint density at radius 2 is 1.39 bits per heavy atom. The molecule has 1 rings (SSSR count). The van der Waals surface area contributed by atoms with Gasteiger partial charge in [-0.2, -0.15) is 0 Å². The molecule has 0 amide bonds. The van der Waals surface area contributed by atoms with Gasteiger partial charge in [-0.05, 0) is 30.6 Å². The summed E-state index contributed by atoms with van der Waals surface area (Å²) in [7, 11) is 0. The predicted octanol–water partition coefficient (Wildman–Crippen LogP) is 0.937. The van der Waals surface area contributed by atoms with E-state index < -0.39 is 23.8 Å². The minimum atomic E-state index is -0.972. The fourth-order valence-corrected chi connectivity index (χ4v) is 2.53. The zero-order chi connectivity index (χ0) is 12.5. The van der Waals surface area contributed by atoms with Crippen molar-refractivity contribution in [3.8, 4) is 0 Å². The monoisotopic (exact) mass is 244 g/mol.